The maximum absolute atomic E-state index is 13.5. The highest BCUT2D eigenvalue weighted by Gasteiger charge is 2.70. The van der Waals surface area contributed by atoms with Gasteiger partial charge in [0.2, 0.25) is 5.88 Å². The van der Waals surface area contributed by atoms with Crippen molar-refractivity contribution in [3.8, 4) is 5.88 Å². The Balaban J connectivity index is 1.01. The first-order valence-electron chi connectivity index (χ1n) is 23.4. The summed E-state index contributed by atoms with van der Waals surface area (Å²) in [6.07, 6.45) is 20.2. The van der Waals surface area contributed by atoms with E-state index in [1.807, 2.05) is 25.1 Å². The zero-order valence-electron chi connectivity index (χ0n) is 37.5. The van der Waals surface area contributed by atoms with Gasteiger partial charge >= 0.3 is 5.97 Å². The Morgan fingerprint density at radius 2 is 1.71 bits per heavy atom. The minimum Gasteiger partial charge on any atom is -0.476 e. The summed E-state index contributed by atoms with van der Waals surface area (Å²) in [4.78, 5) is 20.2. The number of aromatic nitrogens is 1. The minimum absolute atomic E-state index is 0.0347. The second-order valence-corrected chi connectivity index (χ2v) is 24.0. The van der Waals surface area contributed by atoms with Crippen LogP contribution in [-0.4, -0.2) is 80.7 Å². The number of allylic oxidation sites excluding steroid dienone is 5. The molecule has 326 valence electrons. The van der Waals surface area contributed by atoms with Gasteiger partial charge in [0, 0.05) is 44.0 Å². The summed E-state index contributed by atoms with van der Waals surface area (Å²) in [5, 5.41) is 4.24. The van der Waals surface area contributed by atoms with Gasteiger partial charge in [0.1, 0.15) is 12.0 Å². The van der Waals surface area contributed by atoms with Crippen LogP contribution >= 0.6 is 0 Å². The molecule has 0 amide bonds. The molecule has 1 aromatic rings. The maximum Gasteiger partial charge on any atom is 0.315 e. The third kappa shape index (κ3) is 7.21. The van der Waals surface area contributed by atoms with Gasteiger partial charge in [-0.3, -0.25) is 4.79 Å². The van der Waals surface area contributed by atoms with Gasteiger partial charge < -0.3 is 19.7 Å². The van der Waals surface area contributed by atoms with Gasteiger partial charge in [0.15, 0.2) is 9.84 Å². The highest BCUT2D eigenvalue weighted by molar-refractivity contribution is 7.91. The van der Waals surface area contributed by atoms with E-state index >= 15 is 0 Å². The fraction of sp³-hybridized carbons (Fsp3) is 0.760. The van der Waals surface area contributed by atoms with E-state index in [9.17, 15) is 13.2 Å². The predicted molar refractivity (Wildman–Crippen MR) is 237 cm³/mol. The highest BCUT2D eigenvalue weighted by Crippen LogP contribution is 2.76. The molecule has 1 saturated heterocycles. The molecule has 1 N–H and O–H groups in total. The first kappa shape index (κ1) is 43.2. The molecule has 7 aliphatic rings. The second-order valence-electron chi connectivity index (χ2n) is 21.7. The quantitative estimate of drug-likeness (QED) is 0.174. The van der Waals surface area contributed by atoms with Crippen LogP contribution in [-0.2, 0) is 19.4 Å². The summed E-state index contributed by atoms with van der Waals surface area (Å²) in [6, 6.07) is 5.63. The summed E-state index contributed by atoms with van der Waals surface area (Å²) in [6.45, 7) is 25.9. The lowest BCUT2D eigenvalue weighted by molar-refractivity contribution is -0.221. The average molecular weight is 830 g/mol. The number of esters is 1. The monoisotopic (exact) mass is 830 g/mol. The Hall–Kier alpha value is -2.49. The van der Waals surface area contributed by atoms with Crippen LogP contribution in [0.15, 0.2) is 59.8 Å². The smallest absolute Gasteiger partial charge is 0.315 e. The molecule has 0 bridgehead atoms. The molecular formula is C50H75N3O5S. The van der Waals surface area contributed by atoms with Crippen LogP contribution in [0.4, 0.5) is 0 Å². The number of hydrogen-bond donors (Lipinski definition) is 1. The van der Waals surface area contributed by atoms with Crippen molar-refractivity contribution in [3.05, 3.63) is 59.8 Å². The summed E-state index contributed by atoms with van der Waals surface area (Å²) in [5.41, 5.74) is 4.55. The molecule has 6 aliphatic carbocycles. The Labute approximate surface area is 356 Å². The van der Waals surface area contributed by atoms with Crippen LogP contribution in [0.5, 0.6) is 5.88 Å². The summed E-state index contributed by atoms with van der Waals surface area (Å²) >= 11 is 0. The summed E-state index contributed by atoms with van der Waals surface area (Å²) in [7, 11) is -2.87. The Morgan fingerprint density at radius 1 is 0.932 bits per heavy atom. The molecular weight excluding hydrogens is 755 g/mol. The molecule has 59 heavy (non-hydrogen) atoms. The largest absolute Gasteiger partial charge is 0.476 e. The average Bonchev–Trinajstić information content (AvgIpc) is 3.59. The van der Waals surface area contributed by atoms with Crippen LogP contribution < -0.4 is 10.1 Å². The van der Waals surface area contributed by atoms with E-state index in [0.717, 1.165) is 25.9 Å². The maximum atomic E-state index is 13.5. The topological polar surface area (TPSA) is 97.8 Å². The Bertz CT molecular complexity index is 1930. The van der Waals surface area contributed by atoms with Crippen molar-refractivity contribution >= 4 is 15.8 Å². The van der Waals surface area contributed by atoms with Gasteiger partial charge in [-0.2, -0.15) is 0 Å². The van der Waals surface area contributed by atoms with Crippen molar-refractivity contribution in [2.75, 3.05) is 50.9 Å². The van der Waals surface area contributed by atoms with Gasteiger partial charge in [-0.15, -0.1) is 0 Å². The standard InChI is InChI=1S/C50H75N3O5S/c1-9-57-44(54)49(34-58-42-12-10-11-27-51-42)22-15-36(16-23-49)38-18-20-46(6)40(45(38,4)5)19-21-48(8)41(46)14-13-39-43-37(35(2)3)17-24-50(43,26-25-47(39,48)7)52-28-29-53-30-32-59(55,56)33-31-53/h10-12,15,18,27,37,39-41,43,52H,2,9,13-14,16-17,19-26,28-34H2,1,3-8H3/t37-,39+,40?,41?,43?,46-,47+,48+,49-,50-/m0/s1. The summed E-state index contributed by atoms with van der Waals surface area (Å²) in [5.74, 6) is 4.09. The van der Waals surface area contributed by atoms with Gasteiger partial charge in [-0.05, 0) is 159 Å². The van der Waals surface area contributed by atoms with Crippen molar-refractivity contribution < 1.29 is 22.7 Å². The van der Waals surface area contributed by atoms with E-state index in [4.69, 9.17) is 9.47 Å². The lowest BCUT2D eigenvalue weighted by Gasteiger charge is -2.72. The molecule has 0 aromatic carbocycles. The Kier molecular flexibility index (Phi) is 11.5. The fourth-order valence-corrected chi connectivity index (χ4v) is 16.8. The summed E-state index contributed by atoms with van der Waals surface area (Å²) < 4.78 is 36.0. The first-order chi connectivity index (χ1) is 27.9. The molecule has 1 aliphatic heterocycles. The third-order valence-corrected chi connectivity index (χ3v) is 20.4. The molecule has 0 radical (unpaired) electrons. The number of hydrogen-bond acceptors (Lipinski definition) is 8. The Morgan fingerprint density at radius 3 is 2.39 bits per heavy atom. The number of nitrogens with zero attached hydrogens (tertiary/aromatic N) is 2. The molecule has 2 heterocycles. The predicted octanol–water partition coefficient (Wildman–Crippen LogP) is 9.39. The van der Waals surface area contributed by atoms with E-state index in [-0.39, 0.29) is 39.8 Å². The number of fused-ring (bicyclic) bond motifs is 7. The molecule has 10 atom stereocenters. The molecule has 8 nitrogen and oxygen atoms in total. The number of carbonyl (C=O) groups excluding carboxylic acids is 1. The van der Waals surface area contributed by atoms with E-state index in [0.29, 0.717) is 79.5 Å². The molecule has 9 heteroatoms. The number of pyridine rings is 1. The number of sulfone groups is 1. The van der Waals surface area contributed by atoms with Crippen LogP contribution in [0.1, 0.15) is 126 Å². The van der Waals surface area contributed by atoms with Gasteiger partial charge in [-0.1, -0.05) is 65.0 Å². The third-order valence-electron chi connectivity index (χ3n) is 18.8. The van der Waals surface area contributed by atoms with Crippen molar-refractivity contribution in [1.29, 1.82) is 0 Å². The lowest BCUT2D eigenvalue weighted by atomic mass is 9.33. The van der Waals surface area contributed by atoms with Gasteiger partial charge in [0.05, 0.1) is 18.1 Å². The highest BCUT2D eigenvalue weighted by atomic mass is 32.2. The number of carbonyl (C=O) groups is 1. The van der Waals surface area contributed by atoms with Crippen molar-refractivity contribution in [2.24, 2.45) is 56.7 Å². The lowest BCUT2D eigenvalue weighted by Crippen LogP contribution is -2.68. The minimum atomic E-state index is -2.87. The fourth-order valence-electron chi connectivity index (χ4n) is 15.5. The molecule has 0 spiro atoms. The second kappa shape index (κ2) is 15.7. The molecule has 5 fully saturated rings. The van der Waals surface area contributed by atoms with Crippen LogP contribution in [0.3, 0.4) is 0 Å². The molecule has 4 saturated carbocycles. The van der Waals surface area contributed by atoms with Crippen molar-refractivity contribution in [1.82, 2.24) is 15.2 Å². The van der Waals surface area contributed by atoms with Gasteiger partial charge in [0.25, 0.3) is 0 Å². The molecule has 8 rings (SSSR count). The van der Waals surface area contributed by atoms with Crippen molar-refractivity contribution in [3.63, 3.8) is 0 Å². The van der Waals surface area contributed by atoms with E-state index in [1.54, 1.807) is 6.20 Å². The van der Waals surface area contributed by atoms with E-state index < -0.39 is 15.3 Å². The molecule has 3 unspecified atom stereocenters. The number of nitrogens with one attached hydrogen (secondary N) is 1. The van der Waals surface area contributed by atoms with E-state index in [2.05, 4.69) is 75.5 Å². The van der Waals surface area contributed by atoms with Crippen LogP contribution in [0.25, 0.3) is 0 Å². The SMILES string of the molecule is C=C(C)[C@@H]1CC[C@]2(NCCN3CCS(=O)(=O)CC3)CC[C@]3(C)[C@H](CCC4[C@@]5(C)CC=C(C6=CC[C@](COc7ccccn7)(C(=O)OCC)CC6)C(C)(C)C5CC[C@]43C)C12. The van der Waals surface area contributed by atoms with Gasteiger partial charge in [-0.25, -0.2) is 13.4 Å². The van der Waals surface area contributed by atoms with Crippen LogP contribution in [0.2, 0.25) is 0 Å². The van der Waals surface area contributed by atoms with Crippen LogP contribution in [0, 0.1) is 56.7 Å². The molecule has 1 aromatic heterocycles. The number of ether oxygens (including phenoxy) is 2. The van der Waals surface area contributed by atoms with E-state index in [1.165, 1.54) is 68.1 Å². The first-order valence-corrected chi connectivity index (χ1v) is 25.2. The normalized spacial score (nSPS) is 41.2. The zero-order chi connectivity index (χ0) is 42.1. The zero-order valence-corrected chi connectivity index (χ0v) is 38.4. The van der Waals surface area contributed by atoms with Crippen molar-refractivity contribution in [2.45, 2.75) is 131 Å². The number of rotatable bonds is 11.